The summed E-state index contributed by atoms with van der Waals surface area (Å²) in [7, 11) is 0. The maximum atomic E-state index is 9.82. The number of furan rings is 1. The van der Waals surface area contributed by atoms with Crippen molar-refractivity contribution in [1.82, 2.24) is 0 Å². The van der Waals surface area contributed by atoms with E-state index in [0.717, 1.165) is 29.7 Å². The van der Waals surface area contributed by atoms with Gasteiger partial charge in [-0.2, -0.15) is 0 Å². The van der Waals surface area contributed by atoms with Gasteiger partial charge in [0.25, 0.3) is 0 Å². The van der Waals surface area contributed by atoms with Crippen LogP contribution in [0.5, 0.6) is 0 Å². The lowest BCUT2D eigenvalue weighted by molar-refractivity contribution is 0.128. The van der Waals surface area contributed by atoms with Crippen LogP contribution < -0.4 is 5.73 Å². The predicted octanol–water partition coefficient (Wildman–Crippen LogP) is 1.14. The SMILES string of the molecule is Cc1coc2c1C(O)CC(CN)C2. The second kappa shape index (κ2) is 3.16. The number of aliphatic hydroxyl groups excluding tert-OH is 1. The van der Waals surface area contributed by atoms with Crippen LogP contribution in [0.25, 0.3) is 0 Å². The number of nitrogens with two attached hydrogens (primary N) is 1. The van der Waals surface area contributed by atoms with E-state index in [1.807, 2.05) is 6.92 Å². The molecule has 1 heterocycles. The molecule has 0 saturated heterocycles. The van der Waals surface area contributed by atoms with Crippen molar-refractivity contribution in [2.45, 2.75) is 25.9 Å². The molecule has 1 aliphatic carbocycles. The molecule has 0 saturated carbocycles. The Labute approximate surface area is 77.5 Å². The molecule has 0 amide bonds. The number of aryl methyl sites for hydroxylation is 1. The van der Waals surface area contributed by atoms with Crippen LogP contribution in [0.15, 0.2) is 10.7 Å². The van der Waals surface area contributed by atoms with Crippen LogP contribution in [-0.2, 0) is 6.42 Å². The highest BCUT2D eigenvalue weighted by molar-refractivity contribution is 5.31. The second-order valence-corrected chi connectivity index (χ2v) is 3.81. The predicted molar refractivity (Wildman–Crippen MR) is 49.3 cm³/mol. The maximum Gasteiger partial charge on any atom is 0.110 e. The first-order chi connectivity index (χ1) is 6.22. The molecule has 1 aromatic heterocycles. The minimum absolute atomic E-state index is 0.369. The van der Waals surface area contributed by atoms with E-state index in [0.29, 0.717) is 12.5 Å². The Balaban J connectivity index is 2.33. The summed E-state index contributed by atoms with van der Waals surface area (Å²) in [5.74, 6) is 1.29. The van der Waals surface area contributed by atoms with Crippen LogP contribution in [0.1, 0.15) is 29.4 Å². The van der Waals surface area contributed by atoms with Gasteiger partial charge in [0.1, 0.15) is 5.76 Å². The summed E-state index contributed by atoms with van der Waals surface area (Å²) < 4.78 is 5.37. The third-order valence-corrected chi connectivity index (χ3v) is 2.80. The van der Waals surface area contributed by atoms with E-state index in [1.54, 1.807) is 6.26 Å². The molecule has 2 rings (SSSR count). The van der Waals surface area contributed by atoms with Crippen LogP contribution in [0.4, 0.5) is 0 Å². The van der Waals surface area contributed by atoms with Crippen LogP contribution in [0.3, 0.4) is 0 Å². The van der Waals surface area contributed by atoms with Crippen molar-refractivity contribution < 1.29 is 9.52 Å². The molecular formula is C10H15NO2. The zero-order chi connectivity index (χ0) is 9.42. The van der Waals surface area contributed by atoms with E-state index in [4.69, 9.17) is 10.2 Å². The number of aliphatic hydroxyl groups is 1. The van der Waals surface area contributed by atoms with Gasteiger partial charge in [-0.3, -0.25) is 0 Å². The molecule has 3 N–H and O–H groups in total. The lowest BCUT2D eigenvalue weighted by Gasteiger charge is -2.24. The van der Waals surface area contributed by atoms with Gasteiger partial charge in [0.05, 0.1) is 12.4 Å². The maximum absolute atomic E-state index is 9.82. The Morgan fingerprint density at radius 3 is 3.15 bits per heavy atom. The van der Waals surface area contributed by atoms with Crippen LogP contribution in [0, 0.1) is 12.8 Å². The lowest BCUT2D eigenvalue weighted by Crippen LogP contribution is -2.24. The van der Waals surface area contributed by atoms with Crippen molar-refractivity contribution >= 4 is 0 Å². The molecule has 1 aromatic rings. The zero-order valence-corrected chi connectivity index (χ0v) is 7.79. The van der Waals surface area contributed by atoms with Crippen LogP contribution >= 0.6 is 0 Å². The summed E-state index contributed by atoms with van der Waals surface area (Å²) in [5, 5.41) is 9.82. The van der Waals surface area contributed by atoms with Crippen molar-refractivity contribution in [1.29, 1.82) is 0 Å². The van der Waals surface area contributed by atoms with Gasteiger partial charge in [-0.15, -0.1) is 0 Å². The number of hydrogen-bond acceptors (Lipinski definition) is 3. The lowest BCUT2D eigenvalue weighted by atomic mass is 9.85. The van der Waals surface area contributed by atoms with E-state index in [2.05, 4.69) is 0 Å². The summed E-state index contributed by atoms with van der Waals surface area (Å²) in [6, 6.07) is 0. The molecule has 0 radical (unpaired) electrons. The summed E-state index contributed by atoms with van der Waals surface area (Å²) >= 11 is 0. The average molecular weight is 181 g/mol. The number of rotatable bonds is 1. The van der Waals surface area contributed by atoms with Gasteiger partial charge in [-0.1, -0.05) is 0 Å². The highest BCUT2D eigenvalue weighted by atomic mass is 16.3. The van der Waals surface area contributed by atoms with Crippen molar-refractivity contribution in [3.8, 4) is 0 Å². The van der Waals surface area contributed by atoms with Crippen molar-refractivity contribution in [2.75, 3.05) is 6.54 Å². The molecule has 0 bridgehead atoms. The minimum Gasteiger partial charge on any atom is -0.469 e. The summed E-state index contributed by atoms with van der Waals surface area (Å²) in [6.07, 6.45) is 2.98. The molecule has 13 heavy (non-hydrogen) atoms. The highest BCUT2D eigenvalue weighted by Crippen LogP contribution is 2.35. The molecule has 2 atom stereocenters. The van der Waals surface area contributed by atoms with E-state index in [1.165, 1.54) is 0 Å². The Hall–Kier alpha value is -0.800. The van der Waals surface area contributed by atoms with E-state index >= 15 is 0 Å². The third-order valence-electron chi connectivity index (χ3n) is 2.80. The Kier molecular flexibility index (Phi) is 2.14. The fraction of sp³-hybridized carbons (Fsp3) is 0.600. The summed E-state index contributed by atoms with van der Waals surface area (Å²) in [6.45, 7) is 2.59. The zero-order valence-electron chi connectivity index (χ0n) is 7.79. The topological polar surface area (TPSA) is 59.4 Å². The molecule has 0 aliphatic heterocycles. The first kappa shape index (κ1) is 8.78. The molecule has 0 fully saturated rings. The highest BCUT2D eigenvalue weighted by Gasteiger charge is 2.28. The first-order valence-electron chi connectivity index (χ1n) is 4.67. The Morgan fingerprint density at radius 2 is 2.46 bits per heavy atom. The van der Waals surface area contributed by atoms with Crippen molar-refractivity contribution in [2.24, 2.45) is 11.7 Å². The minimum atomic E-state index is -0.379. The van der Waals surface area contributed by atoms with Gasteiger partial charge in [0, 0.05) is 12.0 Å². The average Bonchev–Trinajstić information content (AvgIpc) is 2.48. The first-order valence-corrected chi connectivity index (χ1v) is 4.67. The Bertz CT molecular complexity index is 306. The van der Waals surface area contributed by atoms with Gasteiger partial charge < -0.3 is 15.3 Å². The molecule has 72 valence electrons. The van der Waals surface area contributed by atoms with Crippen LogP contribution in [0.2, 0.25) is 0 Å². The second-order valence-electron chi connectivity index (χ2n) is 3.81. The normalized spacial score (nSPS) is 27.3. The molecule has 0 aromatic carbocycles. The van der Waals surface area contributed by atoms with Gasteiger partial charge in [-0.25, -0.2) is 0 Å². The van der Waals surface area contributed by atoms with Crippen LogP contribution in [-0.4, -0.2) is 11.7 Å². The molecule has 1 aliphatic rings. The van der Waals surface area contributed by atoms with Crippen molar-refractivity contribution in [3.05, 3.63) is 23.2 Å². The third kappa shape index (κ3) is 1.38. The smallest absolute Gasteiger partial charge is 0.110 e. The van der Waals surface area contributed by atoms with E-state index in [-0.39, 0.29) is 6.10 Å². The number of fused-ring (bicyclic) bond motifs is 1. The van der Waals surface area contributed by atoms with E-state index < -0.39 is 0 Å². The molecule has 3 nitrogen and oxygen atoms in total. The summed E-state index contributed by atoms with van der Waals surface area (Å²) in [4.78, 5) is 0. The largest absolute Gasteiger partial charge is 0.469 e. The van der Waals surface area contributed by atoms with Gasteiger partial charge >= 0.3 is 0 Å². The molecule has 0 spiro atoms. The summed E-state index contributed by atoms with van der Waals surface area (Å²) in [5.41, 5.74) is 7.62. The molecular weight excluding hydrogens is 166 g/mol. The van der Waals surface area contributed by atoms with E-state index in [9.17, 15) is 5.11 Å². The fourth-order valence-corrected chi connectivity index (χ4v) is 2.07. The van der Waals surface area contributed by atoms with Gasteiger partial charge in [0.15, 0.2) is 0 Å². The monoisotopic (exact) mass is 181 g/mol. The van der Waals surface area contributed by atoms with Crippen molar-refractivity contribution in [3.63, 3.8) is 0 Å². The number of hydrogen-bond donors (Lipinski definition) is 2. The van der Waals surface area contributed by atoms with Gasteiger partial charge in [-0.05, 0) is 31.4 Å². The quantitative estimate of drug-likeness (QED) is 0.683. The Morgan fingerprint density at radius 1 is 1.69 bits per heavy atom. The molecule has 3 heteroatoms. The molecule has 2 unspecified atom stereocenters. The standard InChI is InChI=1S/C10H15NO2/c1-6-5-13-9-3-7(4-11)2-8(12)10(6)9/h5,7-8,12H,2-4,11H2,1H3. The fourth-order valence-electron chi connectivity index (χ4n) is 2.07. The van der Waals surface area contributed by atoms with Gasteiger partial charge in [0.2, 0.25) is 0 Å².